The topological polar surface area (TPSA) is 27.0 Å². The van der Waals surface area contributed by atoms with E-state index in [9.17, 15) is 0 Å². The summed E-state index contributed by atoms with van der Waals surface area (Å²) in [5, 5.41) is 7.10. The second-order valence-electron chi connectivity index (χ2n) is 3.93. The van der Waals surface area contributed by atoms with Crippen molar-refractivity contribution in [2.75, 3.05) is 20.3 Å². The first-order valence-electron chi connectivity index (χ1n) is 3.58. The van der Waals surface area contributed by atoms with Gasteiger partial charge in [-0.15, -0.1) is 0 Å². The fourth-order valence-electron chi connectivity index (χ4n) is 0.949. The molecule has 62 valence electrons. The van der Waals surface area contributed by atoms with Gasteiger partial charge in [-0.3, -0.25) is 0 Å². The Morgan fingerprint density at radius 2 is 1.64 bits per heavy atom. The Hall–Kier alpha value is -0.268. The van der Waals surface area contributed by atoms with Crippen molar-refractivity contribution in [3.05, 3.63) is 0 Å². The molecule has 0 fully saturated rings. The molecule has 0 aliphatic rings. The van der Waals surface area contributed by atoms with Crippen LogP contribution in [-0.2, 0) is 0 Å². The first-order valence-corrected chi connectivity index (χ1v) is 7.28. The van der Waals surface area contributed by atoms with E-state index >= 15 is 0 Å². The minimum Gasteiger partial charge on any atom is -0.312 e. The normalized spacial score (nSPS) is 9.91. The molecule has 0 aliphatic carbocycles. The molecule has 0 heterocycles. The van der Waals surface area contributed by atoms with Crippen molar-refractivity contribution in [2.45, 2.75) is 19.6 Å². The van der Waals surface area contributed by atoms with Gasteiger partial charge in [-0.1, -0.05) is 19.6 Å². The maximum atomic E-state index is 7.10. The zero-order valence-electron chi connectivity index (χ0n) is 8.18. The molecular formula is C7H17BN2Si. The molecule has 0 rings (SSSR count). The molecule has 0 aromatic rings. The molecule has 0 saturated heterocycles. The number of hydrogen-bond donors (Lipinski definition) is 0. The highest BCUT2D eigenvalue weighted by Crippen LogP contribution is 1.99. The molecule has 0 amide bonds. The Balaban J connectivity index is 0. The second kappa shape index (κ2) is 6.44. The van der Waals surface area contributed by atoms with E-state index in [4.69, 9.17) is 5.26 Å². The minimum atomic E-state index is -0.794. The first kappa shape index (κ1) is 13.3. The molecule has 2 nitrogen and oxygen atoms in total. The van der Waals surface area contributed by atoms with E-state index in [2.05, 4.69) is 46.5 Å². The van der Waals surface area contributed by atoms with Crippen LogP contribution in [0.15, 0.2) is 0 Å². The molecule has 2 radical (unpaired) electrons. The number of rotatable bonds is 2. The van der Waals surface area contributed by atoms with Crippen LogP contribution in [0.5, 0.6) is 0 Å². The van der Waals surface area contributed by atoms with Crippen molar-refractivity contribution in [3.63, 3.8) is 0 Å². The van der Waals surface area contributed by atoms with Gasteiger partial charge in [-0.25, -0.2) is 5.26 Å². The zero-order valence-corrected chi connectivity index (χ0v) is 9.18. The summed E-state index contributed by atoms with van der Waals surface area (Å²) in [5.74, 6) is 1.25. The van der Waals surface area contributed by atoms with Gasteiger partial charge in [0.1, 0.15) is 0 Å². The van der Waals surface area contributed by atoms with E-state index in [-0.39, 0.29) is 0 Å². The summed E-state index contributed by atoms with van der Waals surface area (Å²) in [6, 6.07) is 0. The summed E-state index contributed by atoms with van der Waals surface area (Å²) >= 11 is 0. The fraction of sp³-hybridized carbons (Fsp3) is 0.857. The second-order valence-corrected chi connectivity index (χ2v) is 9.37. The van der Waals surface area contributed by atoms with Crippen molar-refractivity contribution >= 4 is 15.9 Å². The third-order valence-electron chi connectivity index (χ3n) is 0.791. The molecule has 0 bridgehead atoms. The van der Waals surface area contributed by atoms with Gasteiger partial charge in [-0.2, -0.15) is 0 Å². The maximum absolute atomic E-state index is 7.10. The van der Waals surface area contributed by atoms with Gasteiger partial charge >= 0.3 is 0 Å². The average Bonchev–Trinajstić information content (AvgIpc) is 1.57. The van der Waals surface area contributed by atoms with Crippen LogP contribution < -0.4 is 0 Å². The van der Waals surface area contributed by atoms with E-state index in [0.29, 0.717) is 0 Å². The number of nitriles is 1. The van der Waals surface area contributed by atoms with Crippen LogP contribution in [0.2, 0.25) is 19.6 Å². The molecule has 0 aromatic carbocycles. The SMILES string of the molecule is CN(C)C[Si](C)(C)C.[B]C#N. The van der Waals surface area contributed by atoms with Gasteiger partial charge in [0.15, 0.2) is 0 Å². The highest BCUT2D eigenvalue weighted by Gasteiger charge is 2.12. The van der Waals surface area contributed by atoms with Crippen molar-refractivity contribution in [2.24, 2.45) is 0 Å². The smallest absolute Gasteiger partial charge is 0.229 e. The molecule has 0 N–H and O–H groups in total. The lowest BCUT2D eigenvalue weighted by Gasteiger charge is -2.20. The van der Waals surface area contributed by atoms with Gasteiger partial charge in [-0.05, 0) is 26.2 Å². The van der Waals surface area contributed by atoms with Crippen LogP contribution in [-0.4, -0.2) is 41.1 Å². The van der Waals surface area contributed by atoms with Crippen molar-refractivity contribution in [3.8, 4) is 5.97 Å². The molecular weight excluding hydrogens is 151 g/mol. The average molecular weight is 168 g/mol. The lowest BCUT2D eigenvalue weighted by atomic mass is 10.2. The van der Waals surface area contributed by atoms with E-state index in [0.717, 1.165) is 0 Å². The molecule has 0 aromatic heterocycles. The van der Waals surface area contributed by atoms with Crippen molar-refractivity contribution < 1.29 is 0 Å². The van der Waals surface area contributed by atoms with Gasteiger partial charge < -0.3 is 4.90 Å². The fourth-order valence-corrected chi connectivity index (χ4v) is 2.85. The summed E-state index contributed by atoms with van der Waals surface area (Å²) in [4.78, 5) is 2.27. The largest absolute Gasteiger partial charge is 0.312 e. The highest BCUT2D eigenvalue weighted by molar-refractivity contribution is 6.76. The maximum Gasteiger partial charge on any atom is 0.229 e. The Labute approximate surface area is 72.6 Å². The monoisotopic (exact) mass is 168 g/mol. The Morgan fingerprint density at radius 1 is 1.36 bits per heavy atom. The molecule has 0 spiro atoms. The third-order valence-corrected chi connectivity index (χ3v) is 2.37. The lowest BCUT2D eigenvalue weighted by Crippen LogP contribution is -2.35. The molecule has 0 aliphatic heterocycles. The van der Waals surface area contributed by atoms with Gasteiger partial charge in [0, 0.05) is 0 Å². The Kier molecular flexibility index (Phi) is 7.81. The van der Waals surface area contributed by atoms with E-state index < -0.39 is 8.07 Å². The van der Waals surface area contributed by atoms with Gasteiger partial charge in [0.05, 0.1) is 8.07 Å². The number of hydrogen-bond acceptors (Lipinski definition) is 2. The van der Waals surface area contributed by atoms with Crippen LogP contribution >= 0.6 is 0 Å². The molecule has 0 unspecified atom stereocenters. The third kappa shape index (κ3) is 26.0. The molecule has 4 heteroatoms. The van der Waals surface area contributed by atoms with E-state index in [1.807, 2.05) is 0 Å². The predicted octanol–water partition coefficient (Wildman–Crippen LogP) is 1.06. The van der Waals surface area contributed by atoms with Gasteiger partial charge in [0.25, 0.3) is 0 Å². The minimum absolute atomic E-state index is 0.794. The molecule has 11 heavy (non-hydrogen) atoms. The quantitative estimate of drug-likeness (QED) is 0.576. The van der Waals surface area contributed by atoms with E-state index in [1.165, 1.54) is 12.1 Å². The van der Waals surface area contributed by atoms with Crippen LogP contribution in [0.4, 0.5) is 0 Å². The van der Waals surface area contributed by atoms with Crippen LogP contribution in [0.25, 0.3) is 0 Å². The van der Waals surface area contributed by atoms with Crippen molar-refractivity contribution in [1.82, 2.24) is 4.90 Å². The molecule has 0 saturated carbocycles. The molecule has 0 atom stereocenters. The highest BCUT2D eigenvalue weighted by atomic mass is 28.3. The Bertz CT molecular complexity index is 123. The van der Waals surface area contributed by atoms with Crippen LogP contribution in [0, 0.1) is 11.2 Å². The Morgan fingerprint density at radius 3 is 1.64 bits per heavy atom. The standard InChI is InChI=1S/C6H17NSi.CBN/c1-7(2)6-8(3,4)5;2-1-3/h6H2,1-5H3;. The van der Waals surface area contributed by atoms with Gasteiger partial charge in [0.2, 0.25) is 7.85 Å². The predicted molar refractivity (Wildman–Crippen MR) is 53.3 cm³/mol. The first-order chi connectivity index (χ1) is 4.83. The van der Waals surface area contributed by atoms with Crippen LogP contribution in [0.1, 0.15) is 0 Å². The summed E-state index contributed by atoms with van der Waals surface area (Å²) < 4.78 is 0. The lowest BCUT2D eigenvalue weighted by molar-refractivity contribution is 0.471. The van der Waals surface area contributed by atoms with E-state index in [1.54, 1.807) is 0 Å². The van der Waals surface area contributed by atoms with Crippen molar-refractivity contribution in [1.29, 1.82) is 5.26 Å². The zero-order chi connectivity index (χ0) is 9.49. The summed E-state index contributed by atoms with van der Waals surface area (Å²) in [7, 11) is 7.63. The number of nitrogens with zero attached hydrogens (tertiary/aromatic N) is 2. The summed E-state index contributed by atoms with van der Waals surface area (Å²) in [5.41, 5.74) is 0. The van der Waals surface area contributed by atoms with Crippen LogP contribution in [0.3, 0.4) is 0 Å². The summed E-state index contributed by atoms with van der Waals surface area (Å²) in [6.45, 7) is 7.15. The summed E-state index contributed by atoms with van der Waals surface area (Å²) in [6.07, 6.45) is 1.30.